The SMILES string of the molecule is CC1(C)O[C@H]2[C@@H](Cl)C=C[C@](C)(O)[C@H]2O1. The fraction of sp³-hybridized carbons (Fsp3) is 0.800. The molecule has 0 unspecified atom stereocenters. The largest absolute Gasteiger partial charge is 0.383 e. The first-order valence-electron chi connectivity index (χ1n) is 4.73. The molecule has 1 N–H and O–H groups in total. The summed E-state index contributed by atoms with van der Waals surface area (Å²) < 4.78 is 11.3. The summed E-state index contributed by atoms with van der Waals surface area (Å²) in [6, 6.07) is 0. The summed E-state index contributed by atoms with van der Waals surface area (Å²) in [5.74, 6) is -0.668. The Morgan fingerprint density at radius 3 is 2.50 bits per heavy atom. The highest BCUT2D eigenvalue weighted by atomic mass is 35.5. The number of halogens is 1. The molecule has 1 aliphatic carbocycles. The summed E-state index contributed by atoms with van der Waals surface area (Å²) in [5.41, 5.74) is -0.996. The van der Waals surface area contributed by atoms with E-state index in [-0.39, 0.29) is 17.6 Å². The van der Waals surface area contributed by atoms with Gasteiger partial charge in [0.05, 0.1) is 5.38 Å². The van der Waals surface area contributed by atoms with E-state index in [1.54, 1.807) is 19.1 Å². The number of hydrogen-bond acceptors (Lipinski definition) is 3. The van der Waals surface area contributed by atoms with Crippen molar-refractivity contribution in [3.8, 4) is 0 Å². The van der Waals surface area contributed by atoms with Crippen molar-refractivity contribution in [1.82, 2.24) is 0 Å². The highest BCUT2D eigenvalue weighted by molar-refractivity contribution is 6.22. The number of aliphatic hydroxyl groups is 1. The Morgan fingerprint density at radius 2 is 1.93 bits per heavy atom. The first-order chi connectivity index (χ1) is 6.32. The molecule has 1 aliphatic heterocycles. The van der Waals surface area contributed by atoms with Gasteiger partial charge < -0.3 is 14.6 Å². The highest BCUT2D eigenvalue weighted by Crippen LogP contribution is 2.40. The van der Waals surface area contributed by atoms with Crippen molar-refractivity contribution in [2.24, 2.45) is 0 Å². The van der Waals surface area contributed by atoms with E-state index in [9.17, 15) is 5.11 Å². The van der Waals surface area contributed by atoms with Gasteiger partial charge in [0.1, 0.15) is 17.8 Å². The molecule has 3 nitrogen and oxygen atoms in total. The molecule has 80 valence electrons. The van der Waals surface area contributed by atoms with Gasteiger partial charge in [-0.15, -0.1) is 11.6 Å². The summed E-state index contributed by atoms with van der Waals surface area (Å²) in [7, 11) is 0. The zero-order valence-electron chi connectivity index (χ0n) is 8.53. The summed E-state index contributed by atoms with van der Waals surface area (Å²) in [6.07, 6.45) is 2.78. The lowest BCUT2D eigenvalue weighted by atomic mass is 9.87. The third-order valence-corrected chi connectivity index (χ3v) is 3.03. The third kappa shape index (κ3) is 1.58. The minimum Gasteiger partial charge on any atom is -0.383 e. The Balaban J connectivity index is 2.30. The van der Waals surface area contributed by atoms with E-state index in [2.05, 4.69) is 0 Å². The molecule has 1 saturated heterocycles. The molecule has 0 spiro atoms. The molecular weight excluding hydrogens is 204 g/mol. The van der Waals surface area contributed by atoms with Crippen molar-refractivity contribution in [3.63, 3.8) is 0 Å². The van der Waals surface area contributed by atoms with Gasteiger partial charge in [-0.25, -0.2) is 0 Å². The summed E-state index contributed by atoms with van der Waals surface area (Å²) >= 11 is 6.07. The first kappa shape index (κ1) is 10.4. The fourth-order valence-electron chi connectivity index (χ4n) is 1.97. The molecule has 0 aromatic rings. The van der Waals surface area contributed by atoms with Crippen LogP contribution in [0, 0.1) is 0 Å². The first-order valence-corrected chi connectivity index (χ1v) is 5.17. The van der Waals surface area contributed by atoms with Crippen molar-refractivity contribution in [2.75, 3.05) is 0 Å². The van der Waals surface area contributed by atoms with Crippen molar-refractivity contribution < 1.29 is 14.6 Å². The maximum atomic E-state index is 10.0. The van der Waals surface area contributed by atoms with Gasteiger partial charge in [0.15, 0.2) is 5.79 Å². The molecule has 14 heavy (non-hydrogen) atoms. The second-order valence-electron chi connectivity index (χ2n) is 4.55. The molecule has 2 aliphatic rings. The molecule has 0 aromatic heterocycles. The minimum atomic E-state index is -0.996. The van der Waals surface area contributed by atoms with Crippen LogP contribution in [-0.4, -0.2) is 34.1 Å². The zero-order valence-corrected chi connectivity index (χ0v) is 9.28. The van der Waals surface area contributed by atoms with Crippen molar-refractivity contribution in [3.05, 3.63) is 12.2 Å². The summed E-state index contributed by atoms with van der Waals surface area (Å²) in [4.78, 5) is 0. The number of hydrogen-bond donors (Lipinski definition) is 1. The Hall–Kier alpha value is -0.0900. The van der Waals surface area contributed by atoms with Gasteiger partial charge in [-0.05, 0) is 20.8 Å². The van der Waals surface area contributed by atoms with Crippen LogP contribution in [0.3, 0.4) is 0 Å². The maximum absolute atomic E-state index is 10.0. The second-order valence-corrected chi connectivity index (χ2v) is 5.05. The average molecular weight is 219 g/mol. The lowest BCUT2D eigenvalue weighted by Crippen LogP contribution is -2.49. The third-order valence-electron chi connectivity index (χ3n) is 2.64. The van der Waals surface area contributed by atoms with Crippen LogP contribution < -0.4 is 0 Å². The molecule has 2 rings (SSSR count). The molecule has 0 saturated carbocycles. The van der Waals surface area contributed by atoms with Crippen LogP contribution in [0.15, 0.2) is 12.2 Å². The quantitative estimate of drug-likeness (QED) is 0.494. The van der Waals surface area contributed by atoms with Crippen LogP contribution >= 0.6 is 11.6 Å². The Morgan fingerprint density at radius 1 is 1.29 bits per heavy atom. The van der Waals surface area contributed by atoms with E-state index in [0.717, 1.165) is 0 Å². The van der Waals surface area contributed by atoms with Crippen LogP contribution in [0.25, 0.3) is 0 Å². The molecule has 1 fully saturated rings. The van der Waals surface area contributed by atoms with E-state index in [0.29, 0.717) is 0 Å². The average Bonchev–Trinajstić information content (AvgIpc) is 2.36. The number of ether oxygens (including phenoxy) is 2. The molecule has 4 heteroatoms. The van der Waals surface area contributed by atoms with Crippen LogP contribution in [0.1, 0.15) is 20.8 Å². The van der Waals surface area contributed by atoms with Crippen molar-refractivity contribution >= 4 is 11.6 Å². The lowest BCUT2D eigenvalue weighted by Gasteiger charge is -2.34. The molecule has 0 bridgehead atoms. The van der Waals surface area contributed by atoms with E-state index < -0.39 is 11.4 Å². The van der Waals surface area contributed by atoms with E-state index in [4.69, 9.17) is 21.1 Å². The van der Waals surface area contributed by atoms with Gasteiger partial charge >= 0.3 is 0 Å². The number of rotatable bonds is 0. The highest BCUT2D eigenvalue weighted by Gasteiger charge is 2.53. The molecule has 4 atom stereocenters. The molecule has 0 amide bonds. The van der Waals surface area contributed by atoms with Gasteiger partial charge in [-0.1, -0.05) is 12.2 Å². The normalized spacial score (nSPS) is 50.5. The number of alkyl halides is 1. The Labute approximate surface area is 88.6 Å². The van der Waals surface area contributed by atoms with Gasteiger partial charge in [0.2, 0.25) is 0 Å². The fourth-order valence-corrected chi connectivity index (χ4v) is 2.22. The van der Waals surface area contributed by atoms with Crippen molar-refractivity contribution in [1.29, 1.82) is 0 Å². The Bertz CT molecular complexity index is 273. The predicted molar refractivity (Wildman–Crippen MR) is 53.2 cm³/mol. The van der Waals surface area contributed by atoms with E-state index in [1.165, 1.54) is 0 Å². The van der Waals surface area contributed by atoms with E-state index in [1.807, 2.05) is 13.8 Å². The molecule has 0 radical (unpaired) electrons. The van der Waals surface area contributed by atoms with Gasteiger partial charge in [-0.3, -0.25) is 0 Å². The summed E-state index contributed by atoms with van der Waals surface area (Å²) in [5, 5.41) is 9.81. The zero-order chi connectivity index (χ0) is 10.6. The van der Waals surface area contributed by atoms with Crippen LogP contribution in [0.5, 0.6) is 0 Å². The smallest absolute Gasteiger partial charge is 0.164 e. The predicted octanol–water partition coefficient (Wildman–Crippen LogP) is 1.43. The second kappa shape index (κ2) is 2.95. The summed E-state index contributed by atoms with van der Waals surface area (Å²) in [6.45, 7) is 5.35. The molecule has 1 heterocycles. The molecular formula is C10H15ClO3. The van der Waals surface area contributed by atoms with Crippen LogP contribution in [0.4, 0.5) is 0 Å². The maximum Gasteiger partial charge on any atom is 0.164 e. The standard InChI is InChI=1S/C10H15ClO3/c1-9(2)13-7-6(11)4-5-10(3,12)8(7)14-9/h4-8,12H,1-3H3/t6-,7-,8-,10-/m0/s1. The Kier molecular flexibility index (Phi) is 2.20. The molecule has 0 aromatic carbocycles. The van der Waals surface area contributed by atoms with Crippen LogP contribution in [-0.2, 0) is 9.47 Å². The van der Waals surface area contributed by atoms with E-state index >= 15 is 0 Å². The van der Waals surface area contributed by atoms with Crippen molar-refractivity contribution in [2.45, 2.75) is 49.7 Å². The van der Waals surface area contributed by atoms with Gasteiger partial charge in [0, 0.05) is 0 Å². The lowest BCUT2D eigenvalue weighted by molar-refractivity contribution is -0.160. The van der Waals surface area contributed by atoms with Crippen LogP contribution in [0.2, 0.25) is 0 Å². The minimum absolute atomic E-state index is 0.234. The van der Waals surface area contributed by atoms with Gasteiger partial charge in [-0.2, -0.15) is 0 Å². The van der Waals surface area contributed by atoms with Gasteiger partial charge in [0.25, 0.3) is 0 Å². The topological polar surface area (TPSA) is 38.7 Å². The number of fused-ring (bicyclic) bond motifs is 1. The monoisotopic (exact) mass is 218 g/mol.